The van der Waals surface area contributed by atoms with Crippen LogP contribution in [0.1, 0.15) is 11.1 Å². The van der Waals surface area contributed by atoms with Gasteiger partial charge in [-0.05, 0) is 0 Å². The molecule has 0 atom stereocenters. The summed E-state index contributed by atoms with van der Waals surface area (Å²) in [6, 6.07) is 2.22. The van der Waals surface area contributed by atoms with E-state index < -0.39 is 24.7 Å². The first kappa shape index (κ1) is 12.0. The van der Waals surface area contributed by atoms with Crippen molar-refractivity contribution in [1.29, 1.82) is 5.26 Å². The van der Waals surface area contributed by atoms with Gasteiger partial charge in [0.1, 0.15) is 24.1 Å². The van der Waals surface area contributed by atoms with E-state index >= 15 is 0 Å². The van der Waals surface area contributed by atoms with Gasteiger partial charge in [0.2, 0.25) is 5.88 Å². The molecule has 0 unspecified atom stereocenters. The first-order chi connectivity index (χ1) is 7.37. The fourth-order valence-corrected chi connectivity index (χ4v) is 0.998. The van der Waals surface area contributed by atoms with Gasteiger partial charge in [0.25, 0.3) is 0 Å². The van der Waals surface area contributed by atoms with Crippen LogP contribution in [0, 0.1) is 11.3 Å². The average Bonchev–Trinajstić information content (AvgIpc) is 2.14. The SMILES string of the molecule is N#Cc1c(CF)cc(OC(F)(F)F)nc1N. The molecular formula is C8H5F4N3O. The third-order valence-electron chi connectivity index (χ3n) is 1.58. The van der Waals surface area contributed by atoms with Crippen LogP contribution in [0.2, 0.25) is 0 Å². The lowest BCUT2D eigenvalue weighted by atomic mass is 10.1. The van der Waals surface area contributed by atoms with Crippen molar-refractivity contribution in [3.8, 4) is 11.9 Å². The maximum Gasteiger partial charge on any atom is 0.574 e. The molecule has 0 aliphatic carbocycles. The van der Waals surface area contributed by atoms with Crippen molar-refractivity contribution in [2.75, 3.05) is 5.73 Å². The molecule has 0 spiro atoms. The van der Waals surface area contributed by atoms with E-state index in [4.69, 9.17) is 11.0 Å². The van der Waals surface area contributed by atoms with Gasteiger partial charge < -0.3 is 10.5 Å². The Morgan fingerprint density at radius 1 is 1.50 bits per heavy atom. The first-order valence-corrected chi connectivity index (χ1v) is 3.88. The predicted octanol–water partition coefficient (Wildman–Crippen LogP) is 1.90. The lowest BCUT2D eigenvalue weighted by molar-refractivity contribution is -0.276. The van der Waals surface area contributed by atoms with Gasteiger partial charge in [-0.3, -0.25) is 0 Å². The second-order valence-electron chi connectivity index (χ2n) is 2.67. The van der Waals surface area contributed by atoms with Crippen LogP contribution < -0.4 is 10.5 Å². The molecule has 4 nitrogen and oxygen atoms in total. The highest BCUT2D eigenvalue weighted by Gasteiger charge is 2.32. The molecule has 0 fully saturated rings. The molecule has 0 aliphatic heterocycles. The number of rotatable bonds is 2. The summed E-state index contributed by atoms with van der Waals surface area (Å²) in [4.78, 5) is 3.18. The van der Waals surface area contributed by atoms with Gasteiger partial charge in [0, 0.05) is 11.6 Å². The highest BCUT2D eigenvalue weighted by Crippen LogP contribution is 2.26. The Balaban J connectivity index is 3.17. The molecule has 8 heteroatoms. The Bertz CT molecular complexity index is 438. The number of halogens is 4. The van der Waals surface area contributed by atoms with Crippen LogP contribution in [0.4, 0.5) is 23.4 Å². The zero-order valence-electron chi connectivity index (χ0n) is 7.68. The van der Waals surface area contributed by atoms with Crippen molar-refractivity contribution in [1.82, 2.24) is 4.98 Å². The van der Waals surface area contributed by atoms with E-state index in [2.05, 4.69) is 9.72 Å². The number of ether oxygens (including phenoxy) is 1. The smallest absolute Gasteiger partial charge is 0.388 e. The van der Waals surface area contributed by atoms with Crippen LogP contribution in [0.25, 0.3) is 0 Å². The molecule has 1 heterocycles. The number of anilines is 1. The van der Waals surface area contributed by atoms with Crippen LogP contribution in [0.3, 0.4) is 0 Å². The van der Waals surface area contributed by atoms with E-state index in [-0.39, 0.29) is 11.1 Å². The number of nitrogens with zero attached hydrogens (tertiary/aromatic N) is 2. The molecule has 16 heavy (non-hydrogen) atoms. The molecule has 0 aromatic carbocycles. The molecule has 0 bridgehead atoms. The van der Waals surface area contributed by atoms with E-state index in [9.17, 15) is 17.6 Å². The molecule has 86 valence electrons. The van der Waals surface area contributed by atoms with Gasteiger partial charge in [-0.2, -0.15) is 10.2 Å². The van der Waals surface area contributed by atoms with Crippen molar-refractivity contribution >= 4 is 5.82 Å². The zero-order chi connectivity index (χ0) is 12.3. The largest absolute Gasteiger partial charge is 0.574 e. The second kappa shape index (κ2) is 4.22. The summed E-state index contributed by atoms with van der Waals surface area (Å²) in [6.07, 6.45) is -4.94. The van der Waals surface area contributed by atoms with Gasteiger partial charge in [0.15, 0.2) is 0 Å². The van der Waals surface area contributed by atoms with Gasteiger partial charge in [0.05, 0.1) is 0 Å². The van der Waals surface area contributed by atoms with Crippen molar-refractivity contribution in [3.63, 3.8) is 0 Å². The predicted molar refractivity (Wildman–Crippen MR) is 44.9 cm³/mol. The summed E-state index contributed by atoms with van der Waals surface area (Å²) in [6.45, 7) is -1.14. The second-order valence-corrected chi connectivity index (χ2v) is 2.67. The Labute approximate surface area is 87.3 Å². The molecule has 1 rings (SSSR count). The normalized spacial score (nSPS) is 10.9. The lowest BCUT2D eigenvalue weighted by Crippen LogP contribution is -2.18. The molecular weight excluding hydrogens is 230 g/mol. The van der Waals surface area contributed by atoms with Crippen LogP contribution in [-0.4, -0.2) is 11.3 Å². The summed E-state index contributed by atoms with van der Waals surface area (Å²) in [5.74, 6) is -1.39. The number of nitrogens with two attached hydrogens (primary N) is 1. The molecule has 0 aliphatic rings. The Morgan fingerprint density at radius 3 is 2.56 bits per heavy atom. The number of aromatic nitrogens is 1. The summed E-state index contributed by atoms with van der Waals surface area (Å²) in [5, 5.41) is 8.55. The van der Waals surface area contributed by atoms with Gasteiger partial charge in [-0.15, -0.1) is 13.2 Å². The first-order valence-electron chi connectivity index (χ1n) is 3.88. The quantitative estimate of drug-likeness (QED) is 0.794. The molecule has 2 N–H and O–H groups in total. The topological polar surface area (TPSA) is 71.9 Å². The Kier molecular flexibility index (Phi) is 3.17. The van der Waals surface area contributed by atoms with Crippen molar-refractivity contribution in [3.05, 3.63) is 17.2 Å². The van der Waals surface area contributed by atoms with Crippen molar-refractivity contribution < 1.29 is 22.3 Å². The highest BCUT2D eigenvalue weighted by atomic mass is 19.4. The Hall–Kier alpha value is -2.04. The van der Waals surface area contributed by atoms with Crippen molar-refractivity contribution in [2.24, 2.45) is 0 Å². The molecule has 0 radical (unpaired) electrons. The van der Waals surface area contributed by atoms with Gasteiger partial charge in [-0.25, -0.2) is 4.39 Å². The molecule has 1 aromatic heterocycles. The van der Waals surface area contributed by atoms with E-state index in [1.807, 2.05) is 0 Å². The molecule has 0 saturated heterocycles. The fourth-order valence-electron chi connectivity index (χ4n) is 0.998. The van der Waals surface area contributed by atoms with Crippen LogP contribution >= 0.6 is 0 Å². The number of pyridine rings is 1. The maximum atomic E-state index is 12.4. The zero-order valence-corrected chi connectivity index (χ0v) is 7.68. The summed E-state index contributed by atoms with van der Waals surface area (Å²) in [7, 11) is 0. The number of alkyl halides is 4. The fraction of sp³-hybridized carbons (Fsp3) is 0.250. The minimum absolute atomic E-state index is 0.294. The van der Waals surface area contributed by atoms with E-state index in [0.29, 0.717) is 6.07 Å². The summed E-state index contributed by atoms with van der Waals surface area (Å²) >= 11 is 0. The minimum atomic E-state index is -4.94. The molecule has 1 aromatic rings. The minimum Gasteiger partial charge on any atom is -0.388 e. The number of nitrogen functional groups attached to an aromatic ring is 1. The standard InChI is InChI=1S/C8H5F4N3O/c9-2-4-1-6(16-8(10,11)12)15-7(14)5(4)3-13/h1H,2H2,(H2,14,15). The van der Waals surface area contributed by atoms with Crippen LogP contribution in [0.5, 0.6) is 5.88 Å². The maximum absolute atomic E-state index is 12.4. The highest BCUT2D eigenvalue weighted by molar-refractivity contribution is 5.54. The van der Waals surface area contributed by atoms with E-state index in [1.54, 1.807) is 6.07 Å². The molecule has 0 amide bonds. The van der Waals surface area contributed by atoms with Crippen LogP contribution in [-0.2, 0) is 6.67 Å². The third-order valence-corrected chi connectivity index (χ3v) is 1.58. The third kappa shape index (κ3) is 2.73. The summed E-state index contributed by atoms with van der Waals surface area (Å²) < 4.78 is 51.3. The number of nitriles is 1. The lowest BCUT2D eigenvalue weighted by Gasteiger charge is -2.10. The van der Waals surface area contributed by atoms with Gasteiger partial charge in [-0.1, -0.05) is 0 Å². The van der Waals surface area contributed by atoms with Gasteiger partial charge >= 0.3 is 6.36 Å². The average molecular weight is 235 g/mol. The number of hydrogen-bond acceptors (Lipinski definition) is 4. The van der Waals surface area contributed by atoms with Crippen molar-refractivity contribution in [2.45, 2.75) is 13.0 Å². The molecule has 0 saturated carbocycles. The van der Waals surface area contributed by atoms with E-state index in [0.717, 1.165) is 0 Å². The van der Waals surface area contributed by atoms with E-state index in [1.165, 1.54) is 0 Å². The summed E-state index contributed by atoms with van der Waals surface area (Å²) in [5.41, 5.74) is 4.59. The Morgan fingerprint density at radius 2 is 2.12 bits per heavy atom. The van der Waals surface area contributed by atoms with Crippen LogP contribution in [0.15, 0.2) is 6.07 Å². The number of hydrogen-bond donors (Lipinski definition) is 1. The monoisotopic (exact) mass is 235 g/mol.